The van der Waals surface area contributed by atoms with Crippen LogP contribution in [0.1, 0.15) is 204 Å². The molecule has 2 aromatic rings. The molecule has 3 rings (SSSR count). The topological polar surface area (TPSA) is 54.6 Å². The lowest BCUT2D eigenvalue weighted by Gasteiger charge is -2.20. The summed E-state index contributed by atoms with van der Waals surface area (Å²) >= 11 is 3.50. The van der Waals surface area contributed by atoms with Crippen LogP contribution in [0.4, 0.5) is 0 Å². The van der Waals surface area contributed by atoms with Gasteiger partial charge in [-0.2, -0.15) is 0 Å². The van der Waals surface area contributed by atoms with Gasteiger partial charge in [-0.1, -0.05) is 168 Å². The number of thioether (sulfide) groups is 1. The van der Waals surface area contributed by atoms with Gasteiger partial charge in [0, 0.05) is 23.7 Å². The van der Waals surface area contributed by atoms with Crippen molar-refractivity contribution in [1.82, 2.24) is 4.57 Å². The molecule has 52 heavy (non-hydrogen) atoms. The summed E-state index contributed by atoms with van der Waals surface area (Å²) in [5.74, 6) is 2.28. The second kappa shape index (κ2) is 27.7. The number of aliphatic imine (C=N–C) groups is 1. The first-order valence-corrected chi connectivity index (χ1v) is 23.8. The average molecular weight is 753 g/mol. The van der Waals surface area contributed by atoms with E-state index >= 15 is 0 Å². The average Bonchev–Trinajstić information content (AvgIpc) is 3.94. The molecule has 6 heteroatoms. The number of unbranched alkanes of at least 4 members (excludes halogenated alkanes) is 16. The van der Waals surface area contributed by atoms with E-state index in [-0.39, 0.29) is 5.88 Å². The summed E-state index contributed by atoms with van der Waals surface area (Å²) in [6.45, 7) is 10.7. The summed E-state index contributed by atoms with van der Waals surface area (Å²) in [6, 6.07) is 4.18. The van der Waals surface area contributed by atoms with Gasteiger partial charge in [0.2, 0.25) is 5.88 Å². The Kier molecular flexibility index (Phi) is 23.8. The van der Waals surface area contributed by atoms with Crippen molar-refractivity contribution < 1.29 is 9.90 Å². The normalized spacial score (nSPS) is 14.6. The first kappa shape index (κ1) is 44.6. The molecular formula is C46H76N2O2S2. The Hall–Kier alpha value is -1.79. The summed E-state index contributed by atoms with van der Waals surface area (Å²) in [5, 5.41) is 14.5. The molecule has 4 nitrogen and oxygen atoms in total. The quantitative estimate of drug-likeness (QED) is 0.0460. The summed E-state index contributed by atoms with van der Waals surface area (Å²) < 4.78 is 2.13. The lowest BCUT2D eigenvalue weighted by molar-refractivity contribution is 0.112. The fourth-order valence-electron chi connectivity index (χ4n) is 7.97. The Balaban J connectivity index is 1.98. The van der Waals surface area contributed by atoms with Crippen molar-refractivity contribution in [2.75, 3.05) is 12.3 Å². The second-order valence-corrected chi connectivity index (χ2v) is 17.7. The third-order valence-electron chi connectivity index (χ3n) is 11.1. The molecule has 0 spiro atoms. The van der Waals surface area contributed by atoms with Crippen LogP contribution in [0.25, 0.3) is 10.6 Å². The van der Waals surface area contributed by atoms with Gasteiger partial charge in [-0.25, -0.2) is 0 Å². The molecule has 1 N–H and O–H groups in total. The number of nitrogens with zero attached hydrogens (tertiary/aromatic N) is 2. The Labute approximate surface area is 328 Å². The minimum Gasteiger partial charge on any atom is -0.494 e. The van der Waals surface area contributed by atoms with Gasteiger partial charge in [0.15, 0.2) is 6.29 Å². The Bertz CT molecular complexity index is 1280. The van der Waals surface area contributed by atoms with Crippen LogP contribution in [0.15, 0.2) is 33.5 Å². The molecule has 0 saturated heterocycles. The van der Waals surface area contributed by atoms with E-state index in [1.54, 1.807) is 11.3 Å². The van der Waals surface area contributed by atoms with Crippen molar-refractivity contribution in [2.45, 2.75) is 195 Å². The van der Waals surface area contributed by atoms with E-state index < -0.39 is 0 Å². The summed E-state index contributed by atoms with van der Waals surface area (Å²) in [5.41, 5.74) is 3.04. The largest absolute Gasteiger partial charge is 0.494 e. The summed E-state index contributed by atoms with van der Waals surface area (Å²) in [7, 11) is 0. The molecule has 3 heterocycles. The van der Waals surface area contributed by atoms with Crippen LogP contribution < -0.4 is 0 Å². The van der Waals surface area contributed by atoms with Gasteiger partial charge >= 0.3 is 0 Å². The fourth-order valence-corrected chi connectivity index (χ4v) is 9.76. The van der Waals surface area contributed by atoms with Gasteiger partial charge in [-0.15, -0.1) is 23.1 Å². The number of allylic oxidation sites excluding steroid dienone is 2. The van der Waals surface area contributed by atoms with E-state index in [1.165, 1.54) is 154 Å². The van der Waals surface area contributed by atoms with Gasteiger partial charge in [-0.05, 0) is 55.4 Å². The standard InChI is InChI=1S/C46H76N2O2S2/c1-5-9-13-17-19-23-28-38(27-21-15-11-7-3)35-47-44(41-31-25-33-51-41)43-40(37-49)45(42-32-26-34-52-42)48(46(43)50)36-39(29-22-16-12-8-4)30-24-20-18-14-10-6-2/h26,31-32,34,37-39,50H,5-25,27-30,33,35-36H2,1-4H3. The van der Waals surface area contributed by atoms with Gasteiger partial charge in [0.1, 0.15) is 0 Å². The number of aldehydes is 1. The van der Waals surface area contributed by atoms with E-state index in [2.05, 4.69) is 55.9 Å². The lowest BCUT2D eigenvalue weighted by atomic mass is 9.94. The number of aromatic nitrogens is 1. The molecule has 0 fully saturated rings. The number of carbonyl (C=O) groups excluding carboxylic acids is 1. The van der Waals surface area contributed by atoms with Crippen LogP contribution >= 0.6 is 23.1 Å². The highest BCUT2D eigenvalue weighted by Crippen LogP contribution is 2.42. The molecule has 1 aliphatic rings. The van der Waals surface area contributed by atoms with Crippen LogP contribution in [0, 0.1) is 11.8 Å². The Morgan fingerprint density at radius 3 is 1.77 bits per heavy atom. The van der Waals surface area contributed by atoms with Crippen LogP contribution in [0.5, 0.6) is 5.88 Å². The number of hydrogen-bond acceptors (Lipinski definition) is 5. The molecule has 0 amide bonds. The minimum absolute atomic E-state index is 0.245. The maximum absolute atomic E-state index is 13.2. The van der Waals surface area contributed by atoms with Crippen molar-refractivity contribution in [2.24, 2.45) is 16.8 Å². The first-order valence-electron chi connectivity index (χ1n) is 21.9. The molecule has 2 aromatic heterocycles. The second-order valence-electron chi connectivity index (χ2n) is 15.6. The van der Waals surface area contributed by atoms with Crippen molar-refractivity contribution in [3.8, 4) is 16.5 Å². The number of thiophene rings is 1. The third kappa shape index (κ3) is 15.5. The van der Waals surface area contributed by atoms with Crippen molar-refractivity contribution in [3.05, 3.63) is 39.6 Å². The number of carbonyl (C=O) groups is 1. The van der Waals surface area contributed by atoms with E-state index in [4.69, 9.17) is 4.99 Å². The zero-order chi connectivity index (χ0) is 37.2. The maximum Gasteiger partial charge on any atom is 0.201 e. The van der Waals surface area contributed by atoms with Gasteiger partial charge in [0.05, 0.1) is 27.4 Å². The minimum atomic E-state index is 0.245. The fraction of sp³-hybridized carbons (Fsp3) is 0.739. The van der Waals surface area contributed by atoms with Crippen molar-refractivity contribution >= 4 is 35.1 Å². The number of hydrogen-bond donors (Lipinski definition) is 1. The highest BCUT2D eigenvalue weighted by atomic mass is 32.2. The van der Waals surface area contributed by atoms with Gasteiger partial charge in [-0.3, -0.25) is 9.79 Å². The molecule has 0 radical (unpaired) electrons. The lowest BCUT2D eigenvalue weighted by Crippen LogP contribution is -2.13. The summed E-state index contributed by atoms with van der Waals surface area (Å²) in [4.78, 5) is 20.9. The van der Waals surface area contributed by atoms with Crippen LogP contribution in [-0.2, 0) is 6.54 Å². The zero-order valence-corrected chi connectivity index (χ0v) is 35.5. The van der Waals surface area contributed by atoms with Crippen molar-refractivity contribution in [1.29, 1.82) is 0 Å². The van der Waals surface area contributed by atoms with Crippen molar-refractivity contribution in [3.63, 3.8) is 0 Å². The SMILES string of the molecule is CCCCCCCCC(CCCCCC)CN=C(C1=CCCS1)c1c(C=O)c(-c2cccs2)n(CC(CCCCCC)CCCCCCCC)c1O. The van der Waals surface area contributed by atoms with E-state index in [0.29, 0.717) is 23.0 Å². The Morgan fingerprint density at radius 2 is 1.29 bits per heavy atom. The Morgan fingerprint density at radius 1 is 0.769 bits per heavy atom. The van der Waals surface area contributed by atoms with Gasteiger partial charge in [0.25, 0.3) is 0 Å². The predicted octanol–water partition coefficient (Wildman–Crippen LogP) is 15.2. The van der Waals surface area contributed by atoms with E-state index in [9.17, 15) is 9.90 Å². The molecule has 1 aliphatic heterocycles. The highest BCUT2D eigenvalue weighted by Gasteiger charge is 2.31. The molecule has 0 aromatic carbocycles. The third-order valence-corrected chi connectivity index (χ3v) is 13.1. The number of aromatic hydroxyl groups is 1. The molecule has 0 saturated carbocycles. The molecule has 2 unspecified atom stereocenters. The first-order chi connectivity index (χ1) is 25.6. The monoisotopic (exact) mass is 753 g/mol. The number of rotatable bonds is 32. The van der Waals surface area contributed by atoms with E-state index in [0.717, 1.165) is 52.7 Å². The van der Waals surface area contributed by atoms with E-state index in [1.807, 2.05) is 11.8 Å². The molecular weight excluding hydrogens is 677 g/mol. The molecule has 294 valence electrons. The van der Waals surface area contributed by atoms with Crippen LogP contribution in [0.3, 0.4) is 0 Å². The summed E-state index contributed by atoms with van der Waals surface area (Å²) in [6.07, 6.45) is 34.9. The van der Waals surface area contributed by atoms with Crippen LogP contribution in [-0.4, -0.2) is 34.0 Å². The highest BCUT2D eigenvalue weighted by molar-refractivity contribution is 8.04. The molecule has 0 bridgehead atoms. The predicted molar refractivity (Wildman–Crippen MR) is 232 cm³/mol. The zero-order valence-electron chi connectivity index (χ0n) is 33.9. The van der Waals surface area contributed by atoms with Gasteiger partial charge < -0.3 is 9.67 Å². The molecule has 0 aliphatic carbocycles. The molecule has 2 atom stereocenters. The maximum atomic E-state index is 13.2. The smallest absolute Gasteiger partial charge is 0.201 e. The van der Waals surface area contributed by atoms with Crippen LogP contribution in [0.2, 0.25) is 0 Å².